The zero-order valence-corrected chi connectivity index (χ0v) is 13.0. The van der Waals surface area contributed by atoms with Gasteiger partial charge in [-0.1, -0.05) is 30.3 Å². The van der Waals surface area contributed by atoms with E-state index in [1.807, 2.05) is 30.3 Å². The van der Waals surface area contributed by atoms with E-state index >= 15 is 0 Å². The van der Waals surface area contributed by atoms with E-state index in [2.05, 4.69) is 22.1 Å². The lowest BCUT2D eigenvalue weighted by Crippen LogP contribution is -2.53. The number of hydrazine groups is 1. The molecule has 6 heteroatoms. The minimum absolute atomic E-state index is 0.259. The van der Waals surface area contributed by atoms with E-state index in [-0.39, 0.29) is 6.03 Å². The molecule has 2 aromatic rings. The van der Waals surface area contributed by atoms with Crippen molar-refractivity contribution in [1.29, 1.82) is 0 Å². The number of carbonyl (C=O) groups is 1. The molecule has 0 bridgehead atoms. The van der Waals surface area contributed by atoms with Crippen LogP contribution in [0.2, 0.25) is 0 Å². The lowest BCUT2D eigenvalue weighted by molar-refractivity contribution is 0.151. The molecule has 23 heavy (non-hydrogen) atoms. The van der Waals surface area contributed by atoms with Gasteiger partial charge in [0.2, 0.25) is 0 Å². The van der Waals surface area contributed by atoms with Gasteiger partial charge in [-0.05, 0) is 24.1 Å². The number of pyridine rings is 1. The number of hydrogen-bond acceptors (Lipinski definition) is 4. The Hall–Kier alpha value is -2.73. The normalized spacial score (nSPS) is 18.1. The molecule has 0 radical (unpaired) electrons. The Bertz CT molecular complexity index is 701. The zero-order valence-electron chi connectivity index (χ0n) is 13.0. The van der Waals surface area contributed by atoms with Gasteiger partial charge in [0.25, 0.3) is 0 Å². The molecule has 118 valence electrons. The lowest BCUT2D eigenvalue weighted by Gasteiger charge is -2.35. The van der Waals surface area contributed by atoms with Gasteiger partial charge in [-0.2, -0.15) is 0 Å². The van der Waals surface area contributed by atoms with Crippen molar-refractivity contribution in [1.82, 2.24) is 14.9 Å². The van der Waals surface area contributed by atoms with Gasteiger partial charge < -0.3 is 0 Å². The van der Waals surface area contributed by atoms with Gasteiger partial charge in [0.15, 0.2) is 6.17 Å². The Balaban J connectivity index is 1.83. The number of benzene rings is 1. The summed E-state index contributed by atoms with van der Waals surface area (Å²) in [6.07, 6.45) is 4.34. The van der Waals surface area contributed by atoms with Gasteiger partial charge in [0, 0.05) is 31.4 Å². The SMILES string of the molecule is CN1C(=O)N(N)C(c2ccncc2)N=C1CCc1ccccc1. The molecule has 0 aliphatic carbocycles. The minimum Gasteiger partial charge on any atom is -0.284 e. The highest BCUT2D eigenvalue weighted by Gasteiger charge is 2.32. The fourth-order valence-electron chi connectivity index (χ4n) is 2.58. The molecule has 0 spiro atoms. The summed E-state index contributed by atoms with van der Waals surface area (Å²) in [6, 6.07) is 13.5. The van der Waals surface area contributed by atoms with E-state index in [9.17, 15) is 4.79 Å². The quantitative estimate of drug-likeness (QED) is 0.696. The molecule has 2 amide bonds. The first-order valence-corrected chi connectivity index (χ1v) is 7.49. The minimum atomic E-state index is -0.507. The number of aliphatic imine (C=N–C) groups is 1. The van der Waals surface area contributed by atoms with Crippen molar-refractivity contribution >= 4 is 11.9 Å². The summed E-state index contributed by atoms with van der Waals surface area (Å²) in [5.41, 5.74) is 2.06. The number of aromatic nitrogens is 1. The predicted molar refractivity (Wildman–Crippen MR) is 88.4 cm³/mol. The molecule has 1 unspecified atom stereocenters. The van der Waals surface area contributed by atoms with Crippen molar-refractivity contribution in [3.8, 4) is 0 Å². The highest BCUT2D eigenvalue weighted by molar-refractivity contribution is 5.99. The van der Waals surface area contributed by atoms with Crippen LogP contribution in [0.25, 0.3) is 0 Å². The van der Waals surface area contributed by atoms with E-state index in [0.717, 1.165) is 22.8 Å². The second kappa shape index (κ2) is 6.58. The monoisotopic (exact) mass is 309 g/mol. The summed E-state index contributed by atoms with van der Waals surface area (Å²) in [5, 5.41) is 1.15. The number of rotatable bonds is 4. The fourth-order valence-corrected chi connectivity index (χ4v) is 2.58. The Morgan fingerprint density at radius 2 is 1.78 bits per heavy atom. The number of aryl methyl sites for hydroxylation is 1. The molecule has 3 rings (SSSR count). The average molecular weight is 309 g/mol. The van der Waals surface area contributed by atoms with Crippen molar-refractivity contribution in [2.75, 3.05) is 7.05 Å². The summed E-state index contributed by atoms with van der Waals surface area (Å²) in [6.45, 7) is 0. The molecule has 2 heterocycles. The van der Waals surface area contributed by atoms with Crippen LogP contribution in [-0.4, -0.2) is 33.8 Å². The highest BCUT2D eigenvalue weighted by Crippen LogP contribution is 2.25. The van der Waals surface area contributed by atoms with Crippen LogP contribution in [-0.2, 0) is 6.42 Å². The third kappa shape index (κ3) is 3.22. The summed E-state index contributed by atoms with van der Waals surface area (Å²) in [7, 11) is 1.70. The Morgan fingerprint density at radius 3 is 2.48 bits per heavy atom. The maximum Gasteiger partial charge on any atom is 0.341 e. The maximum absolute atomic E-state index is 12.4. The number of nitrogens with two attached hydrogens (primary N) is 1. The topological polar surface area (TPSA) is 74.8 Å². The molecule has 1 atom stereocenters. The molecule has 1 aromatic carbocycles. The first kappa shape index (κ1) is 15.2. The third-order valence-electron chi connectivity index (χ3n) is 3.91. The zero-order chi connectivity index (χ0) is 16.2. The largest absolute Gasteiger partial charge is 0.341 e. The maximum atomic E-state index is 12.4. The molecule has 0 fully saturated rings. The number of hydrogen-bond donors (Lipinski definition) is 1. The summed E-state index contributed by atoms with van der Waals surface area (Å²) in [5.74, 6) is 6.67. The fraction of sp³-hybridized carbons (Fsp3) is 0.235. The summed E-state index contributed by atoms with van der Waals surface area (Å²) < 4.78 is 0. The Labute approximate surface area is 135 Å². The molecule has 0 saturated carbocycles. The van der Waals surface area contributed by atoms with E-state index < -0.39 is 6.17 Å². The second-order valence-electron chi connectivity index (χ2n) is 5.43. The Kier molecular flexibility index (Phi) is 4.34. The Morgan fingerprint density at radius 1 is 1.09 bits per heavy atom. The van der Waals surface area contributed by atoms with Crippen LogP contribution in [0.1, 0.15) is 23.7 Å². The van der Waals surface area contributed by atoms with Crippen LogP contribution in [0, 0.1) is 0 Å². The van der Waals surface area contributed by atoms with E-state index in [0.29, 0.717) is 6.42 Å². The lowest BCUT2D eigenvalue weighted by atomic mass is 10.1. The van der Waals surface area contributed by atoms with Gasteiger partial charge in [0.1, 0.15) is 5.84 Å². The van der Waals surface area contributed by atoms with Crippen LogP contribution in [0.5, 0.6) is 0 Å². The first-order valence-electron chi connectivity index (χ1n) is 7.49. The summed E-state index contributed by atoms with van der Waals surface area (Å²) >= 11 is 0. The van der Waals surface area contributed by atoms with Gasteiger partial charge in [0.05, 0.1) is 0 Å². The van der Waals surface area contributed by atoms with Gasteiger partial charge in [-0.15, -0.1) is 0 Å². The highest BCUT2D eigenvalue weighted by atomic mass is 16.2. The molecular formula is C17H19N5O. The number of amidine groups is 1. The van der Waals surface area contributed by atoms with Gasteiger partial charge in [-0.25, -0.2) is 20.6 Å². The molecule has 1 aliphatic rings. The molecule has 1 aliphatic heterocycles. The van der Waals surface area contributed by atoms with Crippen molar-refractivity contribution < 1.29 is 4.79 Å². The average Bonchev–Trinajstić information content (AvgIpc) is 2.61. The van der Waals surface area contributed by atoms with Crippen molar-refractivity contribution in [2.24, 2.45) is 10.8 Å². The summed E-state index contributed by atoms with van der Waals surface area (Å²) in [4.78, 5) is 22.5. The van der Waals surface area contributed by atoms with Crippen molar-refractivity contribution in [3.63, 3.8) is 0 Å². The number of nitrogens with zero attached hydrogens (tertiary/aromatic N) is 4. The van der Waals surface area contributed by atoms with Crippen molar-refractivity contribution in [2.45, 2.75) is 19.0 Å². The van der Waals surface area contributed by atoms with Crippen LogP contribution >= 0.6 is 0 Å². The van der Waals surface area contributed by atoms with E-state index in [1.54, 1.807) is 19.4 Å². The van der Waals surface area contributed by atoms with Crippen molar-refractivity contribution in [3.05, 3.63) is 66.0 Å². The number of amides is 2. The molecule has 6 nitrogen and oxygen atoms in total. The molecule has 1 aromatic heterocycles. The number of carbonyl (C=O) groups excluding carboxylic acids is 1. The standard InChI is InChI=1S/C17H19N5O/c1-21-15(8-7-13-5-3-2-4-6-13)20-16(22(18)17(21)23)14-9-11-19-12-10-14/h2-6,9-12,16H,7-8,18H2,1H3. The predicted octanol–water partition coefficient (Wildman–Crippen LogP) is 2.35. The number of urea groups is 1. The smallest absolute Gasteiger partial charge is 0.284 e. The van der Waals surface area contributed by atoms with E-state index in [1.165, 1.54) is 10.5 Å². The molecular weight excluding hydrogens is 290 g/mol. The van der Waals surface area contributed by atoms with Crippen LogP contribution < -0.4 is 5.84 Å². The first-order chi connectivity index (χ1) is 11.2. The van der Waals surface area contributed by atoms with Gasteiger partial charge in [-0.3, -0.25) is 9.88 Å². The van der Waals surface area contributed by atoms with E-state index in [4.69, 9.17) is 5.84 Å². The second-order valence-corrected chi connectivity index (χ2v) is 5.43. The molecule has 2 N–H and O–H groups in total. The third-order valence-corrected chi connectivity index (χ3v) is 3.91. The van der Waals surface area contributed by atoms with Crippen LogP contribution in [0.15, 0.2) is 59.9 Å². The van der Waals surface area contributed by atoms with Crippen LogP contribution in [0.4, 0.5) is 4.79 Å². The molecule has 0 saturated heterocycles. The van der Waals surface area contributed by atoms with Crippen LogP contribution in [0.3, 0.4) is 0 Å². The van der Waals surface area contributed by atoms with Gasteiger partial charge >= 0.3 is 6.03 Å².